The molecule has 32 heavy (non-hydrogen) atoms. The molecule has 2 aliphatic heterocycles. The molecule has 0 spiro atoms. The maximum absolute atomic E-state index is 5.67. The lowest BCUT2D eigenvalue weighted by atomic mass is 10.1. The Morgan fingerprint density at radius 3 is 2.72 bits per heavy atom. The number of fused-ring (bicyclic) bond motifs is 2. The summed E-state index contributed by atoms with van der Waals surface area (Å²) in [6.45, 7) is 3.03. The molecule has 7 nitrogen and oxygen atoms in total. The van der Waals surface area contributed by atoms with Gasteiger partial charge in [0.2, 0.25) is 5.88 Å². The number of nitrogens with zero attached hydrogens (tertiary/aromatic N) is 5. The van der Waals surface area contributed by atoms with Crippen LogP contribution in [0.2, 0.25) is 0 Å². The fraction of sp³-hybridized carbons (Fsp3) is 0.320. The number of piperidine rings is 1. The number of hydrogen-bond donors (Lipinski definition) is 1. The van der Waals surface area contributed by atoms with Gasteiger partial charge >= 0.3 is 0 Å². The number of nitrogens with one attached hydrogen (secondary N) is 1. The van der Waals surface area contributed by atoms with Crippen molar-refractivity contribution in [2.24, 2.45) is 0 Å². The Hall–Kier alpha value is -3.61. The van der Waals surface area contributed by atoms with Gasteiger partial charge in [0.25, 0.3) is 0 Å². The highest BCUT2D eigenvalue weighted by atomic mass is 16.5. The molecule has 0 bridgehead atoms. The molecular formula is C25H26N6O. The largest absolute Gasteiger partial charge is 0.477 e. The lowest BCUT2D eigenvalue weighted by molar-refractivity contribution is 0.276. The second-order valence-corrected chi connectivity index (χ2v) is 8.49. The van der Waals surface area contributed by atoms with Gasteiger partial charge in [-0.05, 0) is 62.4 Å². The molecule has 5 heterocycles. The Morgan fingerprint density at radius 2 is 1.84 bits per heavy atom. The molecule has 1 saturated heterocycles. The molecule has 1 fully saturated rings. The van der Waals surface area contributed by atoms with Crippen LogP contribution in [0.5, 0.6) is 5.88 Å². The molecule has 162 valence electrons. The van der Waals surface area contributed by atoms with Crippen LogP contribution in [0, 0.1) is 0 Å². The van der Waals surface area contributed by atoms with E-state index < -0.39 is 0 Å². The summed E-state index contributed by atoms with van der Waals surface area (Å²) < 4.78 is 7.67. The summed E-state index contributed by atoms with van der Waals surface area (Å²) in [5.41, 5.74) is 6.05. The SMILES string of the molecule is c1cn2cc(-c3cnc4c(c3)CCCO4)nc(Nc3ccc(N4CCCCC4)cc3)c2n1. The first-order valence-electron chi connectivity index (χ1n) is 11.4. The molecule has 6 rings (SSSR count). The summed E-state index contributed by atoms with van der Waals surface area (Å²) in [5, 5.41) is 3.48. The third-order valence-corrected chi connectivity index (χ3v) is 6.28. The van der Waals surface area contributed by atoms with Crippen molar-refractivity contribution in [2.75, 3.05) is 29.9 Å². The number of imidazole rings is 1. The van der Waals surface area contributed by atoms with Crippen molar-refractivity contribution < 1.29 is 4.74 Å². The van der Waals surface area contributed by atoms with E-state index in [4.69, 9.17) is 9.72 Å². The van der Waals surface area contributed by atoms with E-state index in [0.29, 0.717) is 0 Å². The van der Waals surface area contributed by atoms with Crippen molar-refractivity contribution >= 4 is 22.8 Å². The zero-order valence-electron chi connectivity index (χ0n) is 18.0. The standard InChI is InChI=1S/C25H26N6O/c1-2-11-30(12-3-1)21-8-6-20(7-9-21)28-23-24-26-10-13-31(24)17-22(29-23)19-15-18-5-4-14-32-25(18)27-16-19/h6-10,13,15-17H,1-5,11-12,14H2,(H,28,29). The van der Waals surface area contributed by atoms with E-state index in [1.54, 1.807) is 6.20 Å². The van der Waals surface area contributed by atoms with E-state index in [1.165, 1.54) is 24.9 Å². The Kier molecular flexibility index (Phi) is 4.86. The van der Waals surface area contributed by atoms with Gasteiger partial charge in [0.15, 0.2) is 11.5 Å². The zero-order valence-corrected chi connectivity index (χ0v) is 18.0. The molecule has 2 aliphatic rings. The highest BCUT2D eigenvalue weighted by molar-refractivity contribution is 5.74. The molecule has 4 aromatic rings. The van der Waals surface area contributed by atoms with Crippen LogP contribution in [-0.2, 0) is 6.42 Å². The van der Waals surface area contributed by atoms with Crippen molar-refractivity contribution in [3.05, 3.63) is 60.7 Å². The lowest BCUT2D eigenvalue weighted by Gasteiger charge is -2.28. The van der Waals surface area contributed by atoms with Crippen LogP contribution in [0.15, 0.2) is 55.1 Å². The van der Waals surface area contributed by atoms with E-state index in [1.807, 2.05) is 23.0 Å². The number of anilines is 3. The first kappa shape index (κ1) is 19.1. The first-order valence-corrected chi connectivity index (χ1v) is 11.4. The monoisotopic (exact) mass is 426 g/mol. The number of hydrogen-bond acceptors (Lipinski definition) is 6. The molecule has 0 amide bonds. The Morgan fingerprint density at radius 1 is 0.969 bits per heavy atom. The fourth-order valence-corrected chi connectivity index (χ4v) is 4.58. The van der Waals surface area contributed by atoms with Crippen molar-refractivity contribution in [3.63, 3.8) is 0 Å². The highest BCUT2D eigenvalue weighted by Gasteiger charge is 2.16. The third kappa shape index (κ3) is 3.64. The van der Waals surface area contributed by atoms with E-state index in [0.717, 1.165) is 72.4 Å². The van der Waals surface area contributed by atoms with Gasteiger partial charge in [0, 0.05) is 60.4 Å². The normalized spacial score (nSPS) is 15.9. The average molecular weight is 427 g/mol. The van der Waals surface area contributed by atoms with E-state index in [-0.39, 0.29) is 0 Å². The molecule has 0 radical (unpaired) electrons. The van der Waals surface area contributed by atoms with Gasteiger partial charge in [-0.3, -0.25) is 0 Å². The third-order valence-electron chi connectivity index (χ3n) is 6.28. The van der Waals surface area contributed by atoms with Crippen LogP contribution in [-0.4, -0.2) is 39.0 Å². The quantitative estimate of drug-likeness (QED) is 0.503. The van der Waals surface area contributed by atoms with Crippen molar-refractivity contribution in [1.82, 2.24) is 19.4 Å². The Balaban J connectivity index is 1.31. The van der Waals surface area contributed by atoms with Gasteiger partial charge < -0.3 is 19.4 Å². The molecule has 1 N–H and O–H groups in total. The first-order chi connectivity index (χ1) is 15.8. The number of aryl methyl sites for hydroxylation is 1. The Bertz CT molecular complexity index is 1240. The van der Waals surface area contributed by atoms with Gasteiger partial charge in [0.1, 0.15) is 0 Å². The summed E-state index contributed by atoms with van der Waals surface area (Å²) in [5.74, 6) is 1.48. The molecule has 0 unspecified atom stereocenters. The van der Waals surface area contributed by atoms with Crippen LogP contribution >= 0.6 is 0 Å². The lowest BCUT2D eigenvalue weighted by Crippen LogP contribution is -2.29. The number of pyridine rings is 1. The number of aromatic nitrogens is 4. The predicted octanol–water partition coefficient (Wildman–Crippen LogP) is 4.85. The van der Waals surface area contributed by atoms with Crippen LogP contribution in [0.3, 0.4) is 0 Å². The molecule has 1 aromatic carbocycles. The molecule has 7 heteroatoms. The highest BCUT2D eigenvalue weighted by Crippen LogP contribution is 2.30. The van der Waals surface area contributed by atoms with E-state index in [9.17, 15) is 0 Å². The molecule has 0 saturated carbocycles. The molecular weight excluding hydrogens is 400 g/mol. The van der Waals surface area contributed by atoms with Gasteiger partial charge in [-0.2, -0.15) is 0 Å². The zero-order chi connectivity index (χ0) is 21.3. The molecule has 0 aliphatic carbocycles. The number of ether oxygens (including phenoxy) is 1. The van der Waals surface area contributed by atoms with E-state index >= 15 is 0 Å². The number of rotatable bonds is 4. The smallest absolute Gasteiger partial charge is 0.216 e. The van der Waals surface area contributed by atoms with Crippen molar-refractivity contribution in [2.45, 2.75) is 32.1 Å². The van der Waals surface area contributed by atoms with Gasteiger partial charge in [-0.1, -0.05) is 0 Å². The summed E-state index contributed by atoms with van der Waals surface area (Å²) in [7, 11) is 0. The summed E-state index contributed by atoms with van der Waals surface area (Å²) >= 11 is 0. The van der Waals surface area contributed by atoms with Gasteiger partial charge in [-0.15, -0.1) is 0 Å². The van der Waals surface area contributed by atoms with Gasteiger partial charge in [-0.25, -0.2) is 15.0 Å². The second kappa shape index (κ2) is 8.15. The van der Waals surface area contributed by atoms with Crippen LogP contribution < -0.4 is 15.0 Å². The van der Waals surface area contributed by atoms with Crippen molar-refractivity contribution in [3.8, 4) is 17.1 Å². The predicted molar refractivity (Wildman–Crippen MR) is 126 cm³/mol. The minimum atomic E-state index is 0.729. The Labute approximate surface area is 187 Å². The van der Waals surface area contributed by atoms with Crippen molar-refractivity contribution in [1.29, 1.82) is 0 Å². The number of benzene rings is 1. The van der Waals surface area contributed by atoms with Crippen LogP contribution in [0.4, 0.5) is 17.2 Å². The van der Waals surface area contributed by atoms with Crippen LogP contribution in [0.1, 0.15) is 31.2 Å². The van der Waals surface area contributed by atoms with Gasteiger partial charge in [0.05, 0.1) is 12.3 Å². The maximum Gasteiger partial charge on any atom is 0.216 e. The topological polar surface area (TPSA) is 67.6 Å². The summed E-state index contributed by atoms with van der Waals surface area (Å²) in [6, 6.07) is 10.8. The fourth-order valence-electron chi connectivity index (χ4n) is 4.58. The minimum absolute atomic E-state index is 0.729. The average Bonchev–Trinajstić information content (AvgIpc) is 3.34. The van der Waals surface area contributed by atoms with Crippen LogP contribution in [0.25, 0.3) is 16.9 Å². The second-order valence-electron chi connectivity index (χ2n) is 8.49. The maximum atomic E-state index is 5.67. The molecule has 0 atom stereocenters. The summed E-state index contributed by atoms with van der Waals surface area (Å²) in [6.07, 6.45) is 13.5. The molecule has 3 aromatic heterocycles. The minimum Gasteiger partial charge on any atom is -0.477 e. The summed E-state index contributed by atoms with van der Waals surface area (Å²) in [4.78, 5) is 16.4. The van der Waals surface area contributed by atoms with E-state index in [2.05, 4.69) is 50.5 Å².